The van der Waals surface area contributed by atoms with E-state index in [0.29, 0.717) is 22.0 Å². The molecule has 1 aliphatic carbocycles. The maximum atomic E-state index is 11.5. The fraction of sp³-hybridized carbons (Fsp3) is 0.500. The van der Waals surface area contributed by atoms with Crippen LogP contribution in [-0.2, 0) is 0 Å². The molecule has 1 aliphatic rings. The van der Waals surface area contributed by atoms with Gasteiger partial charge in [0.1, 0.15) is 10.0 Å². The number of hydrogen-bond acceptors (Lipinski definition) is 3. The molecule has 5 heteroatoms. The van der Waals surface area contributed by atoms with Crippen LogP contribution in [0.2, 0.25) is 5.15 Å². The van der Waals surface area contributed by atoms with Crippen LogP contribution in [0.4, 0.5) is 0 Å². The normalized spacial score (nSPS) is 25.7. The smallest absolute Gasteiger partial charge is 0.263 e. The van der Waals surface area contributed by atoms with Gasteiger partial charge in [0.2, 0.25) is 0 Å². The van der Waals surface area contributed by atoms with Crippen molar-refractivity contribution < 1.29 is 4.79 Å². The topological polar surface area (TPSA) is 42.0 Å². The Morgan fingerprint density at radius 1 is 1.85 bits per heavy atom. The van der Waals surface area contributed by atoms with Gasteiger partial charge in [-0.25, -0.2) is 0 Å². The zero-order chi connectivity index (χ0) is 9.42. The zero-order valence-corrected chi connectivity index (χ0v) is 8.65. The molecule has 13 heavy (non-hydrogen) atoms. The first kappa shape index (κ1) is 8.97. The Balaban J connectivity index is 1.97. The second-order valence-electron chi connectivity index (χ2n) is 3.31. The van der Waals surface area contributed by atoms with Crippen molar-refractivity contribution in [3.63, 3.8) is 0 Å². The molecule has 2 rings (SSSR count). The molecule has 0 aromatic carbocycles. The Bertz CT molecular complexity index is 339. The highest BCUT2D eigenvalue weighted by molar-refractivity contribution is 7.08. The second-order valence-corrected chi connectivity index (χ2v) is 4.50. The lowest BCUT2D eigenvalue weighted by atomic mass is 10.4. The SMILES string of the molecule is C[C@@H]1C[C@H]1NC(=O)c1cc(Cl)ns1. The molecular formula is C8H9ClN2OS. The number of amides is 1. The third-order valence-electron chi connectivity index (χ3n) is 2.13. The van der Waals surface area contributed by atoms with Gasteiger partial charge in [0.05, 0.1) is 0 Å². The molecular weight excluding hydrogens is 208 g/mol. The largest absolute Gasteiger partial charge is 0.348 e. The minimum Gasteiger partial charge on any atom is -0.348 e. The molecule has 3 nitrogen and oxygen atoms in total. The Morgan fingerprint density at radius 3 is 3.00 bits per heavy atom. The van der Waals surface area contributed by atoms with Gasteiger partial charge in [-0.2, -0.15) is 4.37 Å². The lowest BCUT2D eigenvalue weighted by Crippen LogP contribution is -2.25. The summed E-state index contributed by atoms with van der Waals surface area (Å²) in [5.41, 5.74) is 0. The number of rotatable bonds is 2. The summed E-state index contributed by atoms with van der Waals surface area (Å²) in [5, 5.41) is 3.29. The third kappa shape index (κ3) is 2.00. The molecule has 1 heterocycles. The maximum absolute atomic E-state index is 11.5. The van der Waals surface area contributed by atoms with Crippen LogP contribution < -0.4 is 5.32 Å². The monoisotopic (exact) mass is 216 g/mol. The number of halogens is 1. The van der Waals surface area contributed by atoms with Crippen LogP contribution in [0.15, 0.2) is 6.07 Å². The van der Waals surface area contributed by atoms with E-state index in [2.05, 4.69) is 16.6 Å². The number of hydrogen-bond donors (Lipinski definition) is 1. The van der Waals surface area contributed by atoms with E-state index in [-0.39, 0.29) is 5.91 Å². The summed E-state index contributed by atoms with van der Waals surface area (Å²) in [5.74, 6) is 0.561. The predicted octanol–water partition coefficient (Wildman–Crippen LogP) is 1.93. The zero-order valence-electron chi connectivity index (χ0n) is 7.08. The lowest BCUT2D eigenvalue weighted by Gasteiger charge is -1.98. The van der Waals surface area contributed by atoms with E-state index in [9.17, 15) is 4.79 Å². The van der Waals surface area contributed by atoms with Gasteiger partial charge in [-0.1, -0.05) is 18.5 Å². The molecule has 0 bridgehead atoms. The van der Waals surface area contributed by atoms with Gasteiger partial charge >= 0.3 is 0 Å². The summed E-state index contributed by atoms with van der Waals surface area (Å²) in [6.07, 6.45) is 1.08. The summed E-state index contributed by atoms with van der Waals surface area (Å²) < 4.78 is 3.83. The van der Waals surface area contributed by atoms with Gasteiger partial charge in [-0.3, -0.25) is 4.79 Å². The van der Waals surface area contributed by atoms with E-state index in [4.69, 9.17) is 11.6 Å². The molecule has 1 aromatic heterocycles. The van der Waals surface area contributed by atoms with Crippen LogP contribution in [0.3, 0.4) is 0 Å². The van der Waals surface area contributed by atoms with E-state index >= 15 is 0 Å². The standard InChI is InChI=1S/C8H9ClN2OS/c1-4-2-5(4)10-8(12)6-3-7(9)11-13-6/h3-5H,2H2,1H3,(H,10,12)/t4-,5-/m1/s1. The molecule has 0 aliphatic heterocycles. The Kier molecular flexibility index (Phi) is 2.26. The predicted molar refractivity (Wildman–Crippen MR) is 52.2 cm³/mol. The van der Waals surface area contributed by atoms with Gasteiger partial charge in [0, 0.05) is 12.1 Å². The summed E-state index contributed by atoms with van der Waals surface area (Å²) in [7, 11) is 0. The minimum absolute atomic E-state index is 0.0567. The molecule has 1 aromatic rings. The molecule has 1 N–H and O–H groups in total. The molecule has 1 fully saturated rings. The average Bonchev–Trinajstić information content (AvgIpc) is 2.62. The van der Waals surface area contributed by atoms with Crippen molar-refractivity contribution in [1.82, 2.24) is 9.69 Å². The minimum atomic E-state index is -0.0567. The fourth-order valence-corrected chi connectivity index (χ4v) is 1.95. The Labute approximate surface area is 85.3 Å². The van der Waals surface area contributed by atoms with Crippen molar-refractivity contribution in [2.24, 2.45) is 5.92 Å². The van der Waals surface area contributed by atoms with Crippen LogP contribution >= 0.6 is 23.1 Å². The fourth-order valence-electron chi connectivity index (χ4n) is 1.12. The summed E-state index contributed by atoms with van der Waals surface area (Å²) >= 11 is 6.74. The number of carbonyl (C=O) groups is 1. The van der Waals surface area contributed by atoms with Crippen molar-refractivity contribution in [3.05, 3.63) is 16.1 Å². The van der Waals surface area contributed by atoms with Crippen molar-refractivity contribution in [1.29, 1.82) is 0 Å². The molecule has 1 saturated carbocycles. The highest BCUT2D eigenvalue weighted by atomic mass is 35.5. The Hall–Kier alpha value is -0.610. The molecule has 0 radical (unpaired) electrons. The van der Waals surface area contributed by atoms with Gasteiger partial charge < -0.3 is 5.32 Å². The van der Waals surface area contributed by atoms with Crippen molar-refractivity contribution >= 4 is 29.0 Å². The molecule has 0 spiro atoms. The van der Waals surface area contributed by atoms with Gasteiger partial charge in [-0.05, 0) is 23.9 Å². The highest BCUT2D eigenvalue weighted by Gasteiger charge is 2.34. The van der Waals surface area contributed by atoms with Gasteiger partial charge in [0.25, 0.3) is 5.91 Å². The van der Waals surface area contributed by atoms with E-state index in [0.717, 1.165) is 18.0 Å². The number of carbonyl (C=O) groups excluding carboxylic acids is 1. The van der Waals surface area contributed by atoms with Crippen LogP contribution in [0.25, 0.3) is 0 Å². The number of nitrogens with one attached hydrogen (secondary N) is 1. The van der Waals surface area contributed by atoms with E-state index < -0.39 is 0 Å². The Morgan fingerprint density at radius 2 is 2.54 bits per heavy atom. The molecule has 0 saturated heterocycles. The van der Waals surface area contributed by atoms with Crippen LogP contribution in [0.1, 0.15) is 23.0 Å². The van der Waals surface area contributed by atoms with Gasteiger partial charge in [-0.15, -0.1) is 0 Å². The maximum Gasteiger partial charge on any atom is 0.263 e. The second kappa shape index (κ2) is 3.27. The summed E-state index contributed by atoms with van der Waals surface area (Å²) in [6, 6.07) is 1.95. The summed E-state index contributed by atoms with van der Waals surface area (Å²) in [6.45, 7) is 2.12. The molecule has 70 valence electrons. The van der Waals surface area contributed by atoms with E-state index in [1.165, 1.54) is 0 Å². The summed E-state index contributed by atoms with van der Waals surface area (Å²) in [4.78, 5) is 12.0. The highest BCUT2D eigenvalue weighted by Crippen LogP contribution is 2.29. The van der Waals surface area contributed by atoms with Crippen molar-refractivity contribution in [2.45, 2.75) is 19.4 Å². The third-order valence-corrected chi connectivity index (χ3v) is 3.21. The van der Waals surface area contributed by atoms with Crippen LogP contribution in [0, 0.1) is 5.92 Å². The average molecular weight is 217 g/mol. The van der Waals surface area contributed by atoms with Crippen LogP contribution in [0.5, 0.6) is 0 Å². The van der Waals surface area contributed by atoms with Crippen molar-refractivity contribution in [3.8, 4) is 0 Å². The van der Waals surface area contributed by atoms with Crippen LogP contribution in [-0.4, -0.2) is 16.3 Å². The number of nitrogens with zero attached hydrogens (tertiary/aromatic N) is 1. The quantitative estimate of drug-likeness (QED) is 0.821. The van der Waals surface area contributed by atoms with E-state index in [1.807, 2.05) is 0 Å². The van der Waals surface area contributed by atoms with Gasteiger partial charge in [0.15, 0.2) is 0 Å². The van der Waals surface area contributed by atoms with E-state index in [1.54, 1.807) is 6.07 Å². The first-order chi connectivity index (χ1) is 6.16. The molecule has 2 atom stereocenters. The lowest BCUT2D eigenvalue weighted by molar-refractivity contribution is 0.0953. The molecule has 0 unspecified atom stereocenters. The number of aromatic nitrogens is 1. The molecule has 1 amide bonds. The van der Waals surface area contributed by atoms with Crippen molar-refractivity contribution in [2.75, 3.05) is 0 Å². The first-order valence-electron chi connectivity index (χ1n) is 4.10. The first-order valence-corrected chi connectivity index (χ1v) is 5.25.